The van der Waals surface area contributed by atoms with Gasteiger partial charge in [-0.2, -0.15) is 0 Å². The molecule has 0 saturated heterocycles. The highest BCUT2D eigenvalue weighted by molar-refractivity contribution is 9.13. The first kappa shape index (κ1) is 13.7. The van der Waals surface area contributed by atoms with Gasteiger partial charge in [-0.1, -0.05) is 0 Å². The number of nitrogens with zero attached hydrogens (tertiary/aromatic N) is 1. The Labute approximate surface area is 126 Å². The van der Waals surface area contributed by atoms with Crippen LogP contribution in [0.25, 0.3) is 9.88 Å². The largest absolute Gasteiger partial charge is 0.312 e. The highest BCUT2D eigenvalue weighted by Gasteiger charge is 2.16. The van der Waals surface area contributed by atoms with Gasteiger partial charge in [-0.15, -0.1) is 22.7 Å². The van der Waals surface area contributed by atoms with Gasteiger partial charge in [-0.3, -0.25) is 0 Å². The molecule has 0 radical (unpaired) electrons. The normalized spacial score (nSPS) is 13.0. The van der Waals surface area contributed by atoms with E-state index in [0.29, 0.717) is 6.04 Å². The van der Waals surface area contributed by atoms with Gasteiger partial charge < -0.3 is 5.32 Å². The molecule has 92 valence electrons. The van der Waals surface area contributed by atoms with E-state index >= 15 is 0 Å². The van der Waals surface area contributed by atoms with Gasteiger partial charge in [0, 0.05) is 15.4 Å². The number of aryl methyl sites for hydroxylation is 1. The first-order chi connectivity index (χ1) is 8.02. The summed E-state index contributed by atoms with van der Waals surface area (Å²) in [5.41, 5.74) is 1.12. The quantitative estimate of drug-likeness (QED) is 0.791. The summed E-state index contributed by atoms with van der Waals surface area (Å²) in [5, 5.41) is 4.35. The van der Waals surface area contributed by atoms with Gasteiger partial charge in [-0.05, 0) is 58.8 Å². The maximum atomic E-state index is 4.65. The summed E-state index contributed by atoms with van der Waals surface area (Å²) < 4.78 is 2.21. The van der Waals surface area contributed by atoms with E-state index in [0.717, 1.165) is 19.0 Å². The molecule has 2 nitrogen and oxygen atoms in total. The molecule has 0 aliphatic carbocycles. The van der Waals surface area contributed by atoms with Crippen LogP contribution in [0.15, 0.2) is 14.3 Å². The zero-order chi connectivity index (χ0) is 12.6. The average Bonchev–Trinajstić information content (AvgIpc) is 2.82. The number of halogens is 2. The summed E-state index contributed by atoms with van der Waals surface area (Å²) in [6.07, 6.45) is 0. The highest BCUT2D eigenvalue weighted by Crippen LogP contribution is 2.41. The van der Waals surface area contributed by atoms with E-state index in [4.69, 9.17) is 0 Å². The molecule has 17 heavy (non-hydrogen) atoms. The van der Waals surface area contributed by atoms with E-state index in [1.54, 1.807) is 22.7 Å². The molecule has 0 amide bonds. The summed E-state index contributed by atoms with van der Waals surface area (Å²) in [4.78, 5) is 7.16. The third-order valence-corrected chi connectivity index (χ3v) is 7.28. The number of thiophene rings is 1. The second-order valence-corrected chi connectivity index (χ2v) is 7.97. The minimum atomic E-state index is 0.355. The van der Waals surface area contributed by atoms with E-state index in [-0.39, 0.29) is 0 Å². The molecule has 0 saturated carbocycles. The van der Waals surface area contributed by atoms with Crippen molar-refractivity contribution in [2.24, 2.45) is 0 Å². The Morgan fingerprint density at radius 3 is 2.59 bits per heavy atom. The van der Waals surface area contributed by atoms with Crippen molar-refractivity contribution in [2.75, 3.05) is 7.05 Å². The van der Waals surface area contributed by atoms with Crippen LogP contribution in [0.2, 0.25) is 0 Å². The van der Waals surface area contributed by atoms with Crippen molar-refractivity contribution in [3.63, 3.8) is 0 Å². The Morgan fingerprint density at radius 1 is 1.35 bits per heavy atom. The minimum Gasteiger partial charge on any atom is -0.312 e. The summed E-state index contributed by atoms with van der Waals surface area (Å²) in [7, 11) is 1.97. The molecule has 2 aromatic rings. The van der Waals surface area contributed by atoms with Crippen molar-refractivity contribution in [1.29, 1.82) is 0 Å². The van der Waals surface area contributed by atoms with E-state index < -0.39 is 0 Å². The summed E-state index contributed by atoms with van der Waals surface area (Å²) in [5.74, 6) is 0. The molecular formula is C11H12Br2N2S2. The fourth-order valence-corrected chi connectivity index (χ4v) is 4.71. The molecule has 0 aliphatic rings. The standard InChI is InChI=1S/C11H12Br2N2S2/c1-5(14-3)9-6(2)15-11(17-9)8-4-7(12)10(13)16-8/h4-5,14H,1-3H3. The van der Waals surface area contributed by atoms with Gasteiger partial charge in [0.2, 0.25) is 0 Å². The Morgan fingerprint density at radius 2 is 2.06 bits per heavy atom. The van der Waals surface area contributed by atoms with E-state index in [2.05, 4.69) is 62.1 Å². The lowest BCUT2D eigenvalue weighted by Gasteiger charge is -2.06. The Balaban J connectivity index is 2.40. The molecule has 2 heterocycles. The third kappa shape index (κ3) is 2.81. The number of hydrogen-bond donors (Lipinski definition) is 1. The molecule has 0 aliphatic heterocycles. The van der Waals surface area contributed by atoms with Crippen LogP contribution in [0, 0.1) is 6.92 Å². The number of thiazole rings is 1. The predicted molar refractivity (Wildman–Crippen MR) is 83.0 cm³/mol. The van der Waals surface area contributed by atoms with E-state index in [1.807, 2.05) is 7.05 Å². The van der Waals surface area contributed by atoms with Gasteiger partial charge in [0.25, 0.3) is 0 Å². The van der Waals surface area contributed by atoms with Gasteiger partial charge in [0.15, 0.2) is 0 Å². The summed E-state index contributed by atoms with van der Waals surface area (Å²) in [6.45, 7) is 4.23. The SMILES string of the molecule is CNC(C)c1sc(-c2cc(Br)c(Br)s2)nc1C. The fourth-order valence-electron chi connectivity index (χ4n) is 1.50. The maximum Gasteiger partial charge on any atom is 0.134 e. The topological polar surface area (TPSA) is 24.9 Å². The lowest BCUT2D eigenvalue weighted by atomic mass is 10.2. The van der Waals surface area contributed by atoms with Gasteiger partial charge in [0.1, 0.15) is 5.01 Å². The van der Waals surface area contributed by atoms with Crippen LogP contribution < -0.4 is 5.32 Å². The predicted octanol–water partition coefficient (Wildman–Crippen LogP) is 4.99. The van der Waals surface area contributed by atoms with E-state index in [1.165, 1.54) is 9.75 Å². The molecule has 6 heteroatoms. The minimum absolute atomic E-state index is 0.355. The number of rotatable bonds is 3. The van der Waals surface area contributed by atoms with Crippen molar-refractivity contribution >= 4 is 54.5 Å². The molecule has 0 bridgehead atoms. The monoisotopic (exact) mass is 394 g/mol. The molecule has 1 atom stereocenters. The zero-order valence-electron chi connectivity index (χ0n) is 9.67. The van der Waals surface area contributed by atoms with Crippen molar-refractivity contribution in [2.45, 2.75) is 19.9 Å². The molecule has 0 fully saturated rings. The summed E-state index contributed by atoms with van der Waals surface area (Å²) >= 11 is 10.5. The molecule has 1 N–H and O–H groups in total. The van der Waals surface area contributed by atoms with Crippen LogP contribution in [0.3, 0.4) is 0 Å². The number of nitrogens with one attached hydrogen (secondary N) is 1. The number of hydrogen-bond acceptors (Lipinski definition) is 4. The first-order valence-electron chi connectivity index (χ1n) is 5.12. The Bertz CT molecular complexity index is 514. The smallest absolute Gasteiger partial charge is 0.134 e. The molecule has 0 spiro atoms. The van der Waals surface area contributed by atoms with Crippen LogP contribution in [0.5, 0.6) is 0 Å². The van der Waals surface area contributed by atoms with E-state index in [9.17, 15) is 0 Å². The molecule has 2 rings (SSSR count). The average molecular weight is 396 g/mol. The molecule has 0 aromatic carbocycles. The van der Waals surface area contributed by atoms with Crippen molar-refractivity contribution < 1.29 is 0 Å². The van der Waals surface area contributed by atoms with Crippen LogP contribution in [-0.2, 0) is 0 Å². The van der Waals surface area contributed by atoms with Crippen LogP contribution in [-0.4, -0.2) is 12.0 Å². The Kier molecular flexibility index (Phi) is 4.41. The van der Waals surface area contributed by atoms with Crippen molar-refractivity contribution in [3.8, 4) is 9.88 Å². The van der Waals surface area contributed by atoms with Crippen LogP contribution >= 0.6 is 54.5 Å². The second-order valence-electron chi connectivity index (χ2n) is 3.71. The first-order valence-corrected chi connectivity index (χ1v) is 8.34. The molecule has 1 unspecified atom stereocenters. The maximum absolute atomic E-state index is 4.65. The highest BCUT2D eigenvalue weighted by atomic mass is 79.9. The van der Waals surface area contributed by atoms with Gasteiger partial charge >= 0.3 is 0 Å². The third-order valence-electron chi connectivity index (χ3n) is 2.51. The lowest BCUT2D eigenvalue weighted by molar-refractivity contribution is 0.658. The fraction of sp³-hybridized carbons (Fsp3) is 0.364. The van der Waals surface area contributed by atoms with Gasteiger partial charge in [-0.25, -0.2) is 4.98 Å². The van der Waals surface area contributed by atoms with Crippen molar-refractivity contribution in [3.05, 3.63) is 24.9 Å². The lowest BCUT2D eigenvalue weighted by Crippen LogP contribution is -2.11. The zero-order valence-corrected chi connectivity index (χ0v) is 14.5. The number of aromatic nitrogens is 1. The second kappa shape index (κ2) is 5.48. The molecule has 2 aromatic heterocycles. The van der Waals surface area contributed by atoms with Crippen LogP contribution in [0.4, 0.5) is 0 Å². The van der Waals surface area contributed by atoms with Crippen LogP contribution in [0.1, 0.15) is 23.5 Å². The van der Waals surface area contributed by atoms with Crippen molar-refractivity contribution in [1.82, 2.24) is 10.3 Å². The Hall–Kier alpha value is 0.250. The summed E-state index contributed by atoms with van der Waals surface area (Å²) in [6, 6.07) is 2.47. The van der Waals surface area contributed by atoms with Gasteiger partial charge in [0.05, 0.1) is 14.4 Å². The molecular weight excluding hydrogens is 384 g/mol.